The van der Waals surface area contributed by atoms with Crippen LogP contribution >= 0.6 is 22.6 Å². The smallest absolute Gasteiger partial charge is 0.255 e. The van der Waals surface area contributed by atoms with Crippen molar-refractivity contribution in [3.63, 3.8) is 0 Å². The van der Waals surface area contributed by atoms with E-state index in [2.05, 4.69) is 33.2 Å². The quantitative estimate of drug-likeness (QED) is 0.759. The molecule has 0 radical (unpaired) electrons. The largest absolute Gasteiger partial charge is 0.496 e. The van der Waals surface area contributed by atoms with Gasteiger partial charge in [0.05, 0.1) is 10.7 Å². The van der Waals surface area contributed by atoms with Gasteiger partial charge in [0.2, 0.25) is 5.91 Å². The number of benzene rings is 2. The highest BCUT2D eigenvalue weighted by Gasteiger charge is 2.09. The van der Waals surface area contributed by atoms with Crippen molar-refractivity contribution in [1.82, 2.24) is 0 Å². The van der Waals surface area contributed by atoms with E-state index >= 15 is 0 Å². The fourth-order valence-corrected chi connectivity index (χ4v) is 2.62. The summed E-state index contributed by atoms with van der Waals surface area (Å²) in [6.07, 6.45) is 0. The van der Waals surface area contributed by atoms with Crippen LogP contribution in [-0.4, -0.2) is 18.9 Å². The molecule has 22 heavy (non-hydrogen) atoms. The molecule has 5 nitrogen and oxygen atoms in total. The molecule has 2 aromatic carbocycles. The van der Waals surface area contributed by atoms with Gasteiger partial charge in [0, 0.05) is 23.9 Å². The zero-order chi connectivity index (χ0) is 16.1. The van der Waals surface area contributed by atoms with E-state index in [0.29, 0.717) is 16.9 Å². The molecular formula is C16H15IN2O3. The third-order valence-corrected chi connectivity index (χ3v) is 3.70. The number of methoxy groups -OCH3 is 1. The average molecular weight is 410 g/mol. The van der Waals surface area contributed by atoms with Crippen LogP contribution in [0.25, 0.3) is 0 Å². The van der Waals surface area contributed by atoms with Gasteiger partial charge in [0.1, 0.15) is 5.75 Å². The second-order valence-corrected chi connectivity index (χ2v) is 5.73. The summed E-state index contributed by atoms with van der Waals surface area (Å²) >= 11 is 2.12. The highest BCUT2D eigenvalue weighted by molar-refractivity contribution is 14.1. The maximum absolute atomic E-state index is 12.3. The summed E-state index contributed by atoms with van der Waals surface area (Å²) in [5.41, 5.74) is 1.78. The van der Waals surface area contributed by atoms with Crippen molar-refractivity contribution >= 4 is 45.8 Å². The Morgan fingerprint density at radius 2 is 1.73 bits per heavy atom. The molecule has 0 spiro atoms. The second-order valence-electron chi connectivity index (χ2n) is 4.57. The number of anilines is 2. The van der Waals surface area contributed by atoms with Crippen molar-refractivity contribution in [1.29, 1.82) is 0 Å². The predicted octanol–water partition coefficient (Wildman–Crippen LogP) is 3.51. The minimum absolute atomic E-state index is 0.159. The molecule has 0 bridgehead atoms. The Balaban J connectivity index is 2.15. The Bertz CT molecular complexity index is 716. The number of nitrogens with one attached hydrogen (secondary N) is 2. The Morgan fingerprint density at radius 3 is 2.32 bits per heavy atom. The molecule has 2 N–H and O–H groups in total. The zero-order valence-corrected chi connectivity index (χ0v) is 14.3. The molecule has 0 aliphatic carbocycles. The van der Waals surface area contributed by atoms with E-state index in [1.165, 1.54) is 6.92 Å². The van der Waals surface area contributed by atoms with Crippen molar-refractivity contribution in [2.45, 2.75) is 6.92 Å². The molecule has 6 heteroatoms. The summed E-state index contributed by atoms with van der Waals surface area (Å²) in [6, 6.07) is 12.2. The minimum Gasteiger partial charge on any atom is -0.496 e. The molecule has 0 heterocycles. The highest BCUT2D eigenvalue weighted by atomic mass is 127. The molecule has 0 saturated carbocycles. The Labute approximate surface area is 142 Å². The Morgan fingerprint density at radius 1 is 1.05 bits per heavy atom. The van der Waals surface area contributed by atoms with Gasteiger partial charge >= 0.3 is 0 Å². The lowest BCUT2D eigenvalue weighted by Gasteiger charge is -2.09. The maximum Gasteiger partial charge on any atom is 0.255 e. The number of halogens is 1. The predicted molar refractivity (Wildman–Crippen MR) is 94.4 cm³/mol. The normalized spacial score (nSPS) is 9.95. The van der Waals surface area contributed by atoms with Gasteiger partial charge in [-0.3, -0.25) is 9.59 Å². The fourth-order valence-electron chi connectivity index (χ4n) is 1.89. The molecule has 0 aromatic heterocycles. The van der Waals surface area contributed by atoms with Gasteiger partial charge in [-0.05, 0) is 59.0 Å². The van der Waals surface area contributed by atoms with Gasteiger partial charge in [0.15, 0.2) is 0 Å². The van der Waals surface area contributed by atoms with Crippen LogP contribution in [0, 0.1) is 3.57 Å². The molecule has 2 amide bonds. The number of carbonyl (C=O) groups is 2. The summed E-state index contributed by atoms with van der Waals surface area (Å²) < 4.78 is 6.03. The minimum atomic E-state index is -0.222. The van der Waals surface area contributed by atoms with Crippen molar-refractivity contribution in [3.8, 4) is 5.75 Å². The SMILES string of the molecule is COc1ccc(C(=O)Nc2cccc(NC(C)=O)c2)cc1I. The summed E-state index contributed by atoms with van der Waals surface area (Å²) in [4.78, 5) is 23.3. The van der Waals surface area contributed by atoms with E-state index in [1.807, 2.05) is 0 Å². The molecule has 0 saturated heterocycles. The number of hydrogen-bond donors (Lipinski definition) is 2. The second kappa shape index (κ2) is 7.26. The van der Waals surface area contributed by atoms with Crippen LogP contribution in [0.2, 0.25) is 0 Å². The first-order valence-corrected chi connectivity index (χ1v) is 7.60. The fraction of sp³-hybridized carbons (Fsp3) is 0.125. The van der Waals surface area contributed by atoms with Crippen LogP contribution in [0.15, 0.2) is 42.5 Å². The van der Waals surface area contributed by atoms with Gasteiger partial charge in [-0.2, -0.15) is 0 Å². The molecule has 0 aliphatic heterocycles. The lowest BCUT2D eigenvalue weighted by Crippen LogP contribution is -2.13. The topological polar surface area (TPSA) is 67.4 Å². The zero-order valence-electron chi connectivity index (χ0n) is 12.1. The number of rotatable bonds is 4. The van der Waals surface area contributed by atoms with Crippen LogP contribution in [0.5, 0.6) is 5.75 Å². The lowest BCUT2D eigenvalue weighted by molar-refractivity contribution is -0.114. The van der Waals surface area contributed by atoms with Crippen LogP contribution in [0.1, 0.15) is 17.3 Å². The first-order valence-electron chi connectivity index (χ1n) is 6.52. The summed E-state index contributed by atoms with van der Waals surface area (Å²) in [5.74, 6) is 0.346. The number of carbonyl (C=O) groups excluding carboxylic acids is 2. The number of hydrogen-bond acceptors (Lipinski definition) is 3. The highest BCUT2D eigenvalue weighted by Crippen LogP contribution is 2.22. The van der Waals surface area contributed by atoms with E-state index in [1.54, 1.807) is 49.6 Å². The number of amides is 2. The van der Waals surface area contributed by atoms with E-state index in [9.17, 15) is 9.59 Å². The standard InChI is InChI=1S/C16H15IN2O3/c1-10(20)18-12-4-3-5-13(9-12)19-16(21)11-6-7-15(22-2)14(17)8-11/h3-9H,1-2H3,(H,18,20)(H,19,21). The Kier molecular flexibility index (Phi) is 5.37. The van der Waals surface area contributed by atoms with Gasteiger partial charge in [-0.1, -0.05) is 6.07 Å². The molecule has 2 rings (SSSR count). The first kappa shape index (κ1) is 16.3. The molecule has 0 unspecified atom stereocenters. The molecule has 114 valence electrons. The van der Waals surface area contributed by atoms with Crippen molar-refractivity contribution < 1.29 is 14.3 Å². The third kappa shape index (κ3) is 4.20. The molecule has 0 fully saturated rings. The Hall–Kier alpha value is -2.09. The van der Waals surface area contributed by atoms with E-state index in [0.717, 1.165) is 9.32 Å². The third-order valence-electron chi connectivity index (χ3n) is 2.85. The first-order chi connectivity index (χ1) is 10.5. The van der Waals surface area contributed by atoms with Gasteiger partial charge in [-0.15, -0.1) is 0 Å². The summed E-state index contributed by atoms with van der Waals surface area (Å²) in [7, 11) is 1.59. The summed E-state index contributed by atoms with van der Waals surface area (Å²) in [6.45, 7) is 1.44. The monoisotopic (exact) mass is 410 g/mol. The molecular weight excluding hydrogens is 395 g/mol. The summed E-state index contributed by atoms with van der Waals surface area (Å²) in [5, 5.41) is 5.48. The lowest BCUT2D eigenvalue weighted by atomic mass is 10.2. The molecule has 0 aliphatic rings. The molecule has 0 atom stereocenters. The number of ether oxygens (including phenoxy) is 1. The van der Waals surface area contributed by atoms with Crippen LogP contribution in [-0.2, 0) is 4.79 Å². The average Bonchev–Trinajstić information content (AvgIpc) is 2.46. The van der Waals surface area contributed by atoms with Gasteiger partial charge < -0.3 is 15.4 Å². The van der Waals surface area contributed by atoms with E-state index < -0.39 is 0 Å². The molecule has 2 aromatic rings. The van der Waals surface area contributed by atoms with Crippen molar-refractivity contribution in [3.05, 3.63) is 51.6 Å². The van der Waals surface area contributed by atoms with Gasteiger partial charge in [0.25, 0.3) is 5.91 Å². The van der Waals surface area contributed by atoms with Crippen molar-refractivity contribution in [2.75, 3.05) is 17.7 Å². The van der Waals surface area contributed by atoms with Crippen LogP contribution in [0.3, 0.4) is 0 Å². The van der Waals surface area contributed by atoms with Crippen LogP contribution in [0.4, 0.5) is 11.4 Å². The van der Waals surface area contributed by atoms with Crippen LogP contribution < -0.4 is 15.4 Å². The van der Waals surface area contributed by atoms with E-state index in [4.69, 9.17) is 4.74 Å². The van der Waals surface area contributed by atoms with E-state index in [-0.39, 0.29) is 11.8 Å². The van der Waals surface area contributed by atoms with Gasteiger partial charge in [-0.25, -0.2) is 0 Å². The maximum atomic E-state index is 12.3. The van der Waals surface area contributed by atoms with Crippen molar-refractivity contribution in [2.24, 2.45) is 0 Å².